The van der Waals surface area contributed by atoms with E-state index in [1.807, 2.05) is 17.5 Å². The molecule has 6 heteroatoms. The Labute approximate surface area is 150 Å². The molecule has 1 aliphatic carbocycles. The Morgan fingerprint density at radius 2 is 2.12 bits per heavy atom. The maximum absolute atomic E-state index is 12.6. The van der Waals surface area contributed by atoms with Crippen LogP contribution < -0.4 is 5.32 Å². The molecule has 0 aliphatic heterocycles. The van der Waals surface area contributed by atoms with Gasteiger partial charge >= 0.3 is 0 Å². The largest absolute Gasteiger partial charge is 0.348 e. The van der Waals surface area contributed by atoms with Crippen LogP contribution in [0.1, 0.15) is 44.8 Å². The number of aryl methyl sites for hydroxylation is 1. The highest BCUT2D eigenvalue weighted by molar-refractivity contribution is 7.10. The fraction of sp³-hybridized carbons (Fsp3) is 0.316. The molecule has 0 atom stereocenters. The van der Waals surface area contributed by atoms with Crippen LogP contribution in [0.4, 0.5) is 0 Å². The van der Waals surface area contributed by atoms with E-state index in [4.69, 9.17) is 0 Å². The Balaban J connectivity index is 1.41. The van der Waals surface area contributed by atoms with Gasteiger partial charge in [-0.05, 0) is 42.4 Å². The molecule has 0 unspecified atom stereocenters. The van der Waals surface area contributed by atoms with E-state index >= 15 is 0 Å². The molecule has 4 rings (SSSR count). The molecule has 0 saturated carbocycles. The van der Waals surface area contributed by atoms with Crippen molar-refractivity contribution in [2.75, 3.05) is 0 Å². The van der Waals surface area contributed by atoms with Crippen LogP contribution in [0.15, 0.2) is 42.3 Å². The van der Waals surface area contributed by atoms with Crippen molar-refractivity contribution in [2.45, 2.75) is 38.8 Å². The molecular weight excluding hydrogens is 332 g/mol. The summed E-state index contributed by atoms with van der Waals surface area (Å²) in [6.07, 6.45) is 7.83. The zero-order valence-corrected chi connectivity index (χ0v) is 14.8. The van der Waals surface area contributed by atoms with E-state index in [9.17, 15) is 4.79 Å². The van der Waals surface area contributed by atoms with Crippen molar-refractivity contribution < 1.29 is 4.79 Å². The summed E-state index contributed by atoms with van der Waals surface area (Å²) in [6, 6.07) is 8.21. The number of nitrogens with one attached hydrogen (secondary N) is 1. The van der Waals surface area contributed by atoms with E-state index in [-0.39, 0.29) is 5.91 Å². The Kier molecular flexibility index (Phi) is 4.61. The number of benzene rings is 1. The standard InChI is InChI=1S/C19H20N4OS/c24-19(17-11-25-18-7-2-1-6-16(17)18)21-9-14-4-3-5-15(8-14)10-23-13-20-12-22-23/h3-5,8,11-13H,1-2,6-7,9-10H2,(H,21,24). The molecule has 128 valence electrons. The van der Waals surface area contributed by atoms with Crippen molar-refractivity contribution in [2.24, 2.45) is 0 Å². The molecule has 5 nitrogen and oxygen atoms in total. The second-order valence-electron chi connectivity index (χ2n) is 6.35. The third-order valence-corrected chi connectivity index (χ3v) is 5.65. The van der Waals surface area contributed by atoms with E-state index < -0.39 is 0 Å². The van der Waals surface area contributed by atoms with Gasteiger partial charge in [-0.1, -0.05) is 24.3 Å². The predicted molar refractivity (Wildman–Crippen MR) is 97.7 cm³/mol. The minimum Gasteiger partial charge on any atom is -0.348 e. The SMILES string of the molecule is O=C(NCc1cccc(Cn2cncn2)c1)c1csc2c1CCCC2. The number of nitrogens with zero attached hydrogens (tertiary/aromatic N) is 3. The molecule has 1 amide bonds. The maximum atomic E-state index is 12.6. The van der Waals surface area contributed by atoms with Gasteiger partial charge in [0.2, 0.25) is 0 Å². The van der Waals surface area contributed by atoms with Gasteiger partial charge in [-0.3, -0.25) is 4.79 Å². The zero-order chi connectivity index (χ0) is 17.1. The number of rotatable bonds is 5. The number of carbonyl (C=O) groups excluding carboxylic acids is 1. The fourth-order valence-electron chi connectivity index (χ4n) is 3.30. The minimum absolute atomic E-state index is 0.0427. The lowest BCUT2D eigenvalue weighted by molar-refractivity contribution is 0.0950. The first-order chi connectivity index (χ1) is 12.3. The Hall–Kier alpha value is -2.47. The Morgan fingerprint density at radius 3 is 3.00 bits per heavy atom. The summed E-state index contributed by atoms with van der Waals surface area (Å²) >= 11 is 1.73. The summed E-state index contributed by atoms with van der Waals surface area (Å²) in [5.41, 5.74) is 4.38. The first-order valence-electron chi connectivity index (χ1n) is 8.57. The van der Waals surface area contributed by atoms with Gasteiger partial charge in [-0.2, -0.15) is 5.10 Å². The number of fused-ring (bicyclic) bond motifs is 1. The van der Waals surface area contributed by atoms with E-state index in [0.717, 1.165) is 29.5 Å². The lowest BCUT2D eigenvalue weighted by Gasteiger charge is -2.13. The molecule has 1 N–H and O–H groups in total. The van der Waals surface area contributed by atoms with Crippen molar-refractivity contribution in [1.29, 1.82) is 0 Å². The molecule has 0 bridgehead atoms. The van der Waals surface area contributed by atoms with Crippen LogP contribution in [0.5, 0.6) is 0 Å². The molecule has 0 saturated heterocycles. The van der Waals surface area contributed by atoms with Gasteiger partial charge in [-0.15, -0.1) is 11.3 Å². The highest BCUT2D eigenvalue weighted by Crippen LogP contribution is 2.30. The summed E-state index contributed by atoms with van der Waals surface area (Å²) < 4.78 is 1.79. The van der Waals surface area contributed by atoms with Crippen molar-refractivity contribution in [3.05, 3.63) is 69.4 Å². The summed E-state index contributed by atoms with van der Waals surface area (Å²) in [4.78, 5) is 17.9. The molecule has 3 aromatic rings. The van der Waals surface area contributed by atoms with E-state index in [1.54, 1.807) is 22.3 Å². The summed E-state index contributed by atoms with van der Waals surface area (Å²) in [5, 5.41) is 9.22. The molecular formula is C19H20N4OS. The lowest BCUT2D eigenvalue weighted by Crippen LogP contribution is -2.24. The lowest BCUT2D eigenvalue weighted by atomic mass is 9.95. The average Bonchev–Trinajstić information content (AvgIpc) is 3.29. The normalized spacial score (nSPS) is 13.4. The van der Waals surface area contributed by atoms with Crippen LogP contribution in [0.25, 0.3) is 0 Å². The van der Waals surface area contributed by atoms with Gasteiger partial charge in [0.15, 0.2) is 0 Å². The fourth-order valence-corrected chi connectivity index (χ4v) is 4.43. The number of hydrogen-bond donors (Lipinski definition) is 1. The van der Waals surface area contributed by atoms with Crippen molar-refractivity contribution in [3.8, 4) is 0 Å². The number of thiophene rings is 1. The molecule has 1 aliphatic rings. The Morgan fingerprint density at radius 1 is 1.24 bits per heavy atom. The minimum atomic E-state index is 0.0427. The highest BCUT2D eigenvalue weighted by atomic mass is 32.1. The molecule has 25 heavy (non-hydrogen) atoms. The molecule has 0 fully saturated rings. The average molecular weight is 352 g/mol. The van der Waals surface area contributed by atoms with Gasteiger partial charge in [0, 0.05) is 16.8 Å². The van der Waals surface area contributed by atoms with Crippen LogP contribution in [0.2, 0.25) is 0 Å². The van der Waals surface area contributed by atoms with Crippen LogP contribution >= 0.6 is 11.3 Å². The molecule has 2 heterocycles. The predicted octanol–water partition coefficient (Wildman–Crippen LogP) is 3.20. The number of hydrogen-bond acceptors (Lipinski definition) is 4. The third kappa shape index (κ3) is 3.64. The van der Waals surface area contributed by atoms with E-state index in [1.165, 1.54) is 29.6 Å². The summed E-state index contributed by atoms with van der Waals surface area (Å²) in [6.45, 7) is 1.22. The number of carbonyl (C=O) groups is 1. The summed E-state index contributed by atoms with van der Waals surface area (Å²) in [7, 11) is 0. The van der Waals surface area contributed by atoms with Gasteiger partial charge < -0.3 is 5.32 Å². The van der Waals surface area contributed by atoms with Crippen molar-refractivity contribution in [3.63, 3.8) is 0 Å². The zero-order valence-electron chi connectivity index (χ0n) is 13.9. The second kappa shape index (κ2) is 7.19. The van der Waals surface area contributed by atoms with Crippen molar-refractivity contribution >= 4 is 17.2 Å². The summed E-state index contributed by atoms with van der Waals surface area (Å²) in [5.74, 6) is 0.0427. The second-order valence-corrected chi connectivity index (χ2v) is 7.32. The van der Waals surface area contributed by atoms with Crippen molar-refractivity contribution in [1.82, 2.24) is 20.1 Å². The van der Waals surface area contributed by atoms with Crippen LogP contribution in [0.3, 0.4) is 0 Å². The van der Waals surface area contributed by atoms with Gasteiger partial charge in [0.25, 0.3) is 5.91 Å². The Bertz CT molecular complexity index is 869. The molecule has 1 aromatic carbocycles. The smallest absolute Gasteiger partial charge is 0.252 e. The first kappa shape index (κ1) is 16.0. The van der Waals surface area contributed by atoms with Crippen LogP contribution in [0, 0.1) is 0 Å². The molecule has 0 radical (unpaired) electrons. The van der Waals surface area contributed by atoms with Gasteiger partial charge in [-0.25, -0.2) is 9.67 Å². The highest BCUT2D eigenvalue weighted by Gasteiger charge is 2.19. The monoisotopic (exact) mass is 352 g/mol. The van der Waals surface area contributed by atoms with E-state index in [2.05, 4.69) is 27.5 Å². The van der Waals surface area contributed by atoms with Crippen LogP contribution in [-0.4, -0.2) is 20.7 Å². The van der Waals surface area contributed by atoms with Gasteiger partial charge in [0.05, 0.1) is 12.1 Å². The first-order valence-corrected chi connectivity index (χ1v) is 9.45. The van der Waals surface area contributed by atoms with Gasteiger partial charge in [0.1, 0.15) is 12.7 Å². The third-order valence-electron chi connectivity index (χ3n) is 4.56. The molecule has 2 aromatic heterocycles. The quantitative estimate of drug-likeness (QED) is 0.767. The number of amides is 1. The van der Waals surface area contributed by atoms with E-state index in [0.29, 0.717) is 13.1 Å². The molecule has 0 spiro atoms. The number of aromatic nitrogens is 3. The maximum Gasteiger partial charge on any atom is 0.252 e. The van der Waals surface area contributed by atoms with Crippen LogP contribution in [-0.2, 0) is 25.9 Å². The topological polar surface area (TPSA) is 59.8 Å².